The highest BCUT2D eigenvalue weighted by atomic mass is 32.1. The molecule has 0 bridgehead atoms. The molecule has 1 aromatic heterocycles. The fraction of sp³-hybridized carbons (Fsp3) is 0.438. The highest BCUT2D eigenvalue weighted by Gasteiger charge is 2.19. The maximum atomic E-state index is 5.32. The molecule has 0 saturated carbocycles. The van der Waals surface area contributed by atoms with Crippen LogP contribution in [0, 0.1) is 6.92 Å². The number of hydrogen-bond acceptors (Lipinski definition) is 4. The highest BCUT2D eigenvalue weighted by molar-refractivity contribution is 7.09. The minimum absolute atomic E-state index is 0.153. The van der Waals surface area contributed by atoms with Crippen LogP contribution in [0.1, 0.15) is 41.2 Å². The van der Waals surface area contributed by atoms with Crippen molar-refractivity contribution in [3.05, 3.63) is 51.5 Å². The number of rotatable bonds is 7. The Hall–Kier alpha value is -1.23. The van der Waals surface area contributed by atoms with E-state index >= 15 is 0 Å². The lowest BCUT2D eigenvalue weighted by Gasteiger charge is -2.20. The van der Waals surface area contributed by atoms with E-state index in [-0.39, 0.29) is 6.04 Å². The molecule has 2 rings (SSSR count). The van der Waals surface area contributed by atoms with Gasteiger partial charge in [0, 0.05) is 18.2 Å². The Morgan fingerprint density at radius 1 is 1.35 bits per heavy atom. The molecule has 0 aliphatic rings. The van der Waals surface area contributed by atoms with E-state index in [1.165, 1.54) is 11.1 Å². The Morgan fingerprint density at radius 3 is 2.80 bits per heavy atom. The van der Waals surface area contributed by atoms with Gasteiger partial charge in [-0.1, -0.05) is 31.2 Å². The molecular weight excluding hydrogens is 268 g/mol. The van der Waals surface area contributed by atoms with Crippen LogP contribution in [0.3, 0.4) is 0 Å². The maximum absolute atomic E-state index is 5.32. The van der Waals surface area contributed by atoms with Crippen molar-refractivity contribution in [1.29, 1.82) is 0 Å². The summed E-state index contributed by atoms with van der Waals surface area (Å²) < 4.78 is 5.32. The quantitative estimate of drug-likeness (QED) is 0.844. The van der Waals surface area contributed by atoms with Crippen LogP contribution in [-0.2, 0) is 11.3 Å². The predicted octanol–water partition coefficient (Wildman–Crippen LogP) is 3.69. The molecule has 1 atom stereocenters. The molecule has 1 N–H and O–H groups in total. The van der Waals surface area contributed by atoms with Crippen LogP contribution in [0.5, 0.6) is 0 Å². The first-order valence-corrected chi connectivity index (χ1v) is 7.86. The average molecular weight is 290 g/mol. The SMILES string of the molecule is CCCNC(c1nc(C)cs1)c1ccccc1COC. The summed E-state index contributed by atoms with van der Waals surface area (Å²) in [6.45, 7) is 5.83. The van der Waals surface area contributed by atoms with Gasteiger partial charge in [0.2, 0.25) is 0 Å². The Balaban J connectivity index is 2.35. The van der Waals surface area contributed by atoms with Crippen molar-refractivity contribution in [3.8, 4) is 0 Å². The molecular formula is C16H22N2OS. The second-order valence-corrected chi connectivity index (χ2v) is 5.74. The van der Waals surface area contributed by atoms with Gasteiger partial charge < -0.3 is 10.1 Å². The van der Waals surface area contributed by atoms with Gasteiger partial charge >= 0.3 is 0 Å². The van der Waals surface area contributed by atoms with E-state index in [1.807, 2.05) is 6.92 Å². The topological polar surface area (TPSA) is 34.2 Å². The van der Waals surface area contributed by atoms with Gasteiger partial charge in [-0.15, -0.1) is 11.3 Å². The molecule has 4 heteroatoms. The smallest absolute Gasteiger partial charge is 0.114 e. The summed E-state index contributed by atoms with van der Waals surface area (Å²) in [4.78, 5) is 4.66. The van der Waals surface area contributed by atoms with Gasteiger partial charge in [-0.2, -0.15) is 0 Å². The molecule has 20 heavy (non-hydrogen) atoms. The molecule has 0 spiro atoms. The van der Waals surface area contributed by atoms with Crippen molar-refractivity contribution in [1.82, 2.24) is 10.3 Å². The summed E-state index contributed by atoms with van der Waals surface area (Å²) in [7, 11) is 1.73. The molecule has 1 unspecified atom stereocenters. The molecule has 0 fully saturated rings. The molecule has 108 valence electrons. The molecule has 0 aliphatic heterocycles. The summed E-state index contributed by atoms with van der Waals surface area (Å²) in [6.07, 6.45) is 1.10. The summed E-state index contributed by atoms with van der Waals surface area (Å²) in [6, 6.07) is 8.58. The number of methoxy groups -OCH3 is 1. The van der Waals surface area contributed by atoms with Gasteiger partial charge in [0.05, 0.1) is 12.6 Å². The average Bonchev–Trinajstić information content (AvgIpc) is 2.88. The van der Waals surface area contributed by atoms with Crippen molar-refractivity contribution in [2.24, 2.45) is 0 Å². The minimum Gasteiger partial charge on any atom is -0.380 e. The summed E-state index contributed by atoms with van der Waals surface area (Å²) in [5.74, 6) is 0. The molecule has 0 amide bonds. The maximum Gasteiger partial charge on any atom is 0.114 e. The van der Waals surface area contributed by atoms with Gasteiger partial charge in [-0.25, -0.2) is 4.98 Å². The minimum atomic E-state index is 0.153. The van der Waals surface area contributed by atoms with Crippen molar-refractivity contribution >= 4 is 11.3 Å². The van der Waals surface area contributed by atoms with Gasteiger partial charge in [-0.3, -0.25) is 0 Å². The number of ether oxygens (including phenoxy) is 1. The van der Waals surface area contributed by atoms with E-state index in [1.54, 1.807) is 18.4 Å². The second-order valence-electron chi connectivity index (χ2n) is 4.85. The Morgan fingerprint density at radius 2 is 2.15 bits per heavy atom. The van der Waals surface area contributed by atoms with Gasteiger partial charge in [0.1, 0.15) is 5.01 Å². The largest absolute Gasteiger partial charge is 0.380 e. The number of aromatic nitrogens is 1. The van der Waals surface area contributed by atoms with E-state index in [0.29, 0.717) is 6.61 Å². The number of nitrogens with zero attached hydrogens (tertiary/aromatic N) is 1. The summed E-state index contributed by atoms with van der Waals surface area (Å²) >= 11 is 1.72. The van der Waals surface area contributed by atoms with Crippen LogP contribution in [-0.4, -0.2) is 18.6 Å². The first-order chi connectivity index (χ1) is 9.76. The standard InChI is InChI=1S/C16H22N2OS/c1-4-9-17-15(16-18-12(2)11-20-16)14-8-6-5-7-13(14)10-19-3/h5-8,11,15,17H,4,9-10H2,1-3H3. The van der Waals surface area contributed by atoms with Crippen LogP contribution in [0.25, 0.3) is 0 Å². The molecule has 0 radical (unpaired) electrons. The Bertz CT molecular complexity index is 539. The monoisotopic (exact) mass is 290 g/mol. The Kier molecular flexibility index (Phi) is 5.71. The van der Waals surface area contributed by atoms with Crippen LogP contribution in [0.2, 0.25) is 0 Å². The van der Waals surface area contributed by atoms with Crippen molar-refractivity contribution in [3.63, 3.8) is 0 Å². The van der Waals surface area contributed by atoms with E-state index < -0.39 is 0 Å². The normalized spacial score (nSPS) is 12.6. The number of aryl methyl sites for hydroxylation is 1. The second kappa shape index (κ2) is 7.53. The van der Waals surface area contributed by atoms with Gasteiger partial charge in [0.25, 0.3) is 0 Å². The van der Waals surface area contributed by atoms with E-state index in [4.69, 9.17) is 4.74 Å². The molecule has 0 saturated heterocycles. The van der Waals surface area contributed by atoms with E-state index in [2.05, 4.69) is 46.9 Å². The van der Waals surface area contributed by atoms with Crippen LogP contribution in [0.15, 0.2) is 29.6 Å². The van der Waals surface area contributed by atoms with Crippen LogP contribution < -0.4 is 5.32 Å². The van der Waals surface area contributed by atoms with Crippen LogP contribution >= 0.6 is 11.3 Å². The fourth-order valence-electron chi connectivity index (χ4n) is 2.23. The zero-order valence-corrected chi connectivity index (χ0v) is 13.2. The lowest BCUT2D eigenvalue weighted by Crippen LogP contribution is -2.24. The van der Waals surface area contributed by atoms with E-state index in [0.717, 1.165) is 23.7 Å². The third-order valence-electron chi connectivity index (χ3n) is 3.15. The Labute approximate surface area is 125 Å². The van der Waals surface area contributed by atoms with Crippen molar-refractivity contribution < 1.29 is 4.74 Å². The summed E-state index contributed by atoms with van der Waals surface area (Å²) in [5, 5.41) is 6.84. The van der Waals surface area contributed by atoms with Gasteiger partial charge in [0.15, 0.2) is 0 Å². The predicted molar refractivity (Wildman–Crippen MR) is 84.1 cm³/mol. The number of nitrogens with one attached hydrogen (secondary N) is 1. The third-order valence-corrected chi connectivity index (χ3v) is 4.18. The highest BCUT2D eigenvalue weighted by Crippen LogP contribution is 2.28. The molecule has 2 aromatic rings. The molecule has 1 aromatic carbocycles. The number of benzene rings is 1. The third kappa shape index (κ3) is 3.66. The number of thiazole rings is 1. The molecule has 1 heterocycles. The van der Waals surface area contributed by atoms with E-state index in [9.17, 15) is 0 Å². The summed E-state index contributed by atoms with van der Waals surface area (Å²) in [5.41, 5.74) is 3.56. The zero-order chi connectivity index (χ0) is 14.4. The van der Waals surface area contributed by atoms with Crippen molar-refractivity contribution in [2.75, 3.05) is 13.7 Å². The van der Waals surface area contributed by atoms with Crippen molar-refractivity contribution in [2.45, 2.75) is 32.9 Å². The van der Waals surface area contributed by atoms with Crippen LogP contribution in [0.4, 0.5) is 0 Å². The molecule has 3 nitrogen and oxygen atoms in total. The first kappa shape index (κ1) is 15.2. The zero-order valence-electron chi connectivity index (χ0n) is 12.3. The lowest BCUT2D eigenvalue weighted by molar-refractivity contribution is 0.183. The molecule has 0 aliphatic carbocycles. The number of hydrogen-bond donors (Lipinski definition) is 1. The lowest BCUT2D eigenvalue weighted by atomic mass is 10.0. The first-order valence-electron chi connectivity index (χ1n) is 6.98. The fourth-order valence-corrected chi connectivity index (χ4v) is 3.11. The van der Waals surface area contributed by atoms with Gasteiger partial charge in [-0.05, 0) is 31.0 Å².